The Morgan fingerprint density at radius 2 is 2.00 bits per heavy atom. The molecular weight excluding hydrogens is 316 g/mol. The molecule has 3 rings (SSSR count). The Balaban J connectivity index is 1.61. The van der Waals surface area contributed by atoms with Gasteiger partial charge in [-0.2, -0.15) is 4.98 Å². The van der Waals surface area contributed by atoms with Crippen LogP contribution < -0.4 is 15.0 Å². The average molecular weight is 342 g/mol. The predicted molar refractivity (Wildman–Crippen MR) is 97.5 cm³/mol. The molecule has 0 spiro atoms. The summed E-state index contributed by atoms with van der Waals surface area (Å²) in [6, 6.07) is 8.56. The summed E-state index contributed by atoms with van der Waals surface area (Å²) >= 11 is 0. The van der Waals surface area contributed by atoms with Crippen LogP contribution in [0.5, 0.6) is 11.8 Å². The highest BCUT2D eigenvalue weighted by molar-refractivity contribution is 5.31. The molecule has 25 heavy (non-hydrogen) atoms. The van der Waals surface area contributed by atoms with Crippen LogP contribution in [-0.2, 0) is 18.4 Å². The van der Waals surface area contributed by atoms with E-state index in [4.69, 9.17) is 9.47 Å². The van der Waals surface area contributed by atoms with Gasteiger partial charge in [-0.25, -0.2) is 0 Å². The minimum Gasteiger partial charge on any atom is -0.490 e. The molecular formula is C20H26N2O3. The largest absolute Gasteiger partial charge is 0.490 e. The number of hydrogen-bond acceptors (Lipinski definition) is 4. The molecule has 0 bridgehead atoms. The lowest BCUT2D eigenvalue weighted by Crippen LogP contribution is -2.23. The average Bonchev–Trinajstić information content (AvgIpc) is 2.95. The first-order valence-electron chi connectivity index (χ1n) is 8.87. The number of nitrogens with zero attached hydrogens (tertiary/aromatic N) is 2. The van der Waals surface area contributed by atoms with Crippen molar-refractivity contribution in [1.82, 2.24) is 9.55 Å². The number of aromatic nitrogens is 2. The van der Waals surface area contributed by atoms with Gasteiger partial charge in [0, 0.05) is 11.8 Å². The van der Waals surface area contributed by atoms with Gasteiger partial charge >= 0.3 is 0 Å². The fraction of sp³-hybridized carbons (Fsp3) is 0.500. The van der Waals surface area contributed by atoms with E-state index >= 15 is 0 Å². The molecule has 1 aliphatic rings. The Kier molecular flexibility index (Phi) is 4.84. The Morgan fingerprint density at radius 1 is 1.28 bits per heavy atom. The summed E-state index contributed by atoms with van der Waals surface area (Å²) < 4.78 is 13.5. The maximum atomic E-state index is 11.9. The standard InChI is InChI=1S/C20H26N2O3/c1-5-6-14-11-22-12-17(25-19(22)21-18(14)23)13-24-16-9-7-15(8-10-16)20(2,3)4/h7-11,17H,5-6,12-13H2,1-4H3/t17-/m0/s1. The quantitative estimate of drug-likeness (QED) is 0.836. The highest BCUT2D eigenvalue weighted by atomic mass is 16.6. The van der Waals surface area contributed by atoms with Crippen molar-refractivity contribution in [1.29, 1.82) is 0 Å². The predicted octanol–water partition coefficient (Wildman–Crippen LogP) is 3.33. The second-order valence-corrected chi connectivity index (χ2v) is 7.58. The molecule has 1 atom stereocenters. The molecule has 0 saturated heterocycles. The Labute approximate surface area is 148 Å². The molecule has 0 amide bonds. The lowest BCUT2D eigenvalue weighted by atomic mass is 9.87. The summed E-state index contributed by atoms with van der Waals surface area (Å²) in [5, 5.41) is 0. The van der Waals surface area contributed by atoms with Gasteiger partial charge in [-0.3, -0.25) is 9.36 Å². The van der Waals surface area contributed by atoms with Crippen molar-refractivity contribution >= 4 is 0 Å². The monoisotopic (exact) mass is 342 g/mol. The summed E-state index contributed by atoms with van der Waals surface area (Å²) in [6.45, 7) is 9.69. The molecule has 2 aromatic rings. The number of rotatable bonds is 5. The number of benzene rings is 1. The van der Waals surface area contributed by atoms with Crippen molar-refractivity contribution < 1.29 is 9.47 Å². The second-order valence-electron chi connectivity index (χ2n) is 7.58. The SMILES string of the molecule is CCCc1cn2c(nc1=O)O[C@H](COc1ccc(C(C)(C)C)cc1)C2. The summed E-state index contributed by atoms with van der Waals surface area (Å²) in [7, 11) is 0. The van der Waals surface area contributed by atoms with Gasteiger partial charge in [-0.15, -0.1) is 0 Å². The van der Waals surface area contributed by atoms with Crippen LogP contribution in [0.3, 0.4) is 0 Å². The van der Waals surface area contributed by atoms with Crippen LogP contribution in [0.1, 0.15) is 45.2 Å². The second kappa shape index (κ2) is 6.90. The zero-order chi connectivity index (χ0) is 18.0. The number of ether oxygens (including phenoxy) is 2. The zero-order valence-corrected chi connectivity index (χ0v) is 15.4. The third kappa shape index (κ3) is 4.03. The van der Waals surface area contributed by atoms with E-state index in [1.54, 1.807) is 0 Å². The van der Waals surface area contributed by atoms with Crippen molar-refractivity contribution in [3.05, 3.63) is 51.9 Å². The minimum absolute atomic E-state index is 0.128. The van der Waals surface area contributed by atoms with Crippen molar-refractivity contribution in [2.24, 2.45) is 0 Å². The topological polar surface area (TPSA) is 53.4 Å². The first kappa shape index (κ1) is 17.5. The van der Waals surface area contributed by atoms with Crippen molar-refractivity contribution in [3.63, 3.8) is 0 Å². The van der Waals surface area contributed by atoms with Crippen molar-refractivity contribution in [2.45, 2.75) is 58.6 Å². The highest BCUT2D eigenvalue weighted by Gasteiger charge is 2.25. The summed E-state index contributed by atoms with van der Waals surface area (Å²) in [5.41, 5.74) is 1.96. The van der Waals surface area contributed by atoms with Crippen molar-refractivity contribution in [3.8, 4) is 11.8 Å². The Morgan fingerprint density at radius 3 is 2.64 bits per heavy atom. The van der Waals surface area contributed by atoms with Crippen LogP contribution in [0, 0.1) is 0 Å². The number of hydrogen-bond donors (Lipinski definition) is 0. The molecule has 0 fully saturated rings. The van der Waals surface area contributed by atoms with Gasteiger partial charge < -0.3 is 9.47 Å². The van der Waals surface area contributed by atoms with E-state index < -0.39 is 0 Å². The van der Waals surface area contributed by atoms with Crippen LogP contribution >= 0.6 is 0 Å². The summed E-state index contributed by atoms with van der Waals surface area (Å²) in [5.74, 6) is 0.821. The maximum absolute atomic E-state index is 11.9. The van der Waals surface area contributed by atoms with Gasteiger partial charge in [0.2, 0.25) is 0 Å². The van der Waals surface area contributed by atoms with Gasteiger partial charge in [0.15, 0.2) is 6.10 Å². The van der Waals surface area contributed by atoms with E-state index in [-0.39, 0.29) is 17.1 Å². The lowest BCUT2D eigenvalue weighted by molar-refractivity contribution is 0.143. The smallest absolute Gasteiger partial charge is 0.300 e. The van der Waals surface area contributed by atoms with Crippen LogP contribution in [0.25, 0.3) is 0 Å². The number of aryl methyl sites for hydroxylation is 1. The van der Waals surface area contributed by atoms with E-state index in [1.165, 1.54) is 5.56 Å². The molecule has 1 aromatic heterocycles. The zero-order valence-electron chi connectivity index (χ0n) is 15.4. The molecule has 134 valence electrons. The van der Waals surface area contributed by atoms with Crippen LogP contribution in [0.4, 0.5) is 0 Å². The fourth-order valence-electron chi connectivity index (χ4n) is 2.92. The number of fused-ring (bicyclic) bond motifs is 1. The normalized spacial score (nSPS) is 16.4. The van der Waals surface area contributed by atoms with Gasteiger partial charge in [0.25, 0.3) is 11.6 Å². The highest BCUT2D eigenvalue weighted by Crippen LogP contribution is 2.25. The Bertz CT molecular complexity index is 788. The molecule has 0 aliphatic carbocycles. The molecule has 0 N–H and O–H groups in total. The van der Waals surface area contributed by atoms with Crippen LogP contribution in [0.2, 0.25) is 0 Å². The fourth-order valence-corrected chi connectivity index (χ4v) is 2.92. The molecule has 1 aromatic carbocycles. The molecule has 2 heterocycles. The summed E-state index contributed by atoms with van der Waals surface area (Å²) in [4.78, 5) is 16.0. The maximum Gasteiger partial charge on any atom is 0.300 e. The van der Waals surface area contributed by atoms with Crippen LogP contribution in [0.15, 0.2) is 35.3 Å². The lowest BCUT2D eigenvalue weighted by Gasteiger charge is -2.19. The van der Waals surface area contributed by atoms with Crippen LogP contribution in [-0.4, -0.2) is 22.3 Å². The van der Waals surface area contributed by atoms with E-state index in [0.29, 0.717) is 19.2 Å². The molecule has 1 aliphatic heterocycles. The van der Waals surface area contributed by atoms with Gasteiger partial charge in [-0.1, -0.05) is 46.2 Å². The molecule has 0 saturated carbocycles. The summed E-state index contributed by atoms with van der Waals surface area (Å²) in [6.07, 6.45) is 3.40. The third-order valence-corrected chi connectivity index (χ3v) is 4.38. The first-order chi connectivity index (χ1) is 11.9. The van der Waals surface area contributed by atoms with Gasteiger partial charge in [-0.05, 0) is 29.5 Å². The van der Waals surface area contributed by atoms with E-state index in [1.807, 2.05) is 22.9 Å². The Hall–Kier alpha value is -2.30. The van der Waals surface area contributed by atoms with E-state index in [9.17, 15) is 4.79 Å². The molecule has 0 radical (unpaired) electrons. The van der Waals surface area contributed by atoms with E-state index in [0.717, 1.165) is 24.2 Å². The first-order valence-corrected chi connectivity index (χ1v) is 8.87. The van der Waals surface area contributed by atoms with Gasteiger partial charge in [0.1, 0.15) is 12.4 Å². The third-order valence-electron chi connectivity index (χ3n) is 4.38. The minimum atomic E-state index is -0.188. The molecule has 5 heteroatoms. The van der Waals surface area contributed by atoms with Crippen molar-refractivity contribution in [2.75, 3.05) is 6.61 Å². The van der Waals surface area contributed by atoms with Gasteiger partial charge in [0.05, 0.1) is 6.54 Å². The van der Waals surface area contributed by atoms with E-state index in [2.05, 4.69) is 44.8 Å². The molecule has 0 unspecified atom stereocenters. The molecule has 5 nitrogen and oxygen atoms in total.